The molecule has 0 saturated carbocycles. The molecule has 0 fully saturated rings. The number of para-hydroxylation sites is 2. The number of carbonyl (C=O) groups is 2. The van der Waals surface area contributed by atoms with Gasteiger partial charge in [0, 0.05) is 50.3 Å². The smallest absolute Gasteiger partial charge is 0.257 e. The Balaban J connectivity index is 1.54. The van der Waals surface area contributed by atoms with E-state index in [1.165, 1.54) is 10.9 Å². The number of benzene rings is 2. The summed E-state index contributed by atoms with van der Waals surface area (Å²) in [5.74, 6) is 1.11. The van der Waals surface area contributed by atoms with E-state index in [-0.39, 0.29) is 17.9 Å². The van der Waals surface area contributed by atoms with Gasteiger partial charge in [0.2, 0.25) is 5.91 Å². The monoisotopic (exact) mass is 547 g/mol. The highest BCUT2D eigenvalue weighted by atomic mass is 16.5. The summed E-state index contributed by atoms with van der Waals surface area (Å²) in [6.45, 7) is 7.19. The summed E-state index contributed by atoms with van der Waals surface area (Å²) >= 11 is 0. The van der Waals surface area contributed by atoms with E-state index < -0.39 is 0 Å². The van der Waals surface area contributed by atoms with Crippen molar-refractivity contribution in [1.29, 1.82) is 0 Å². The molecule has 1 aliphatic heterocycles. The first kappa shape index (κ1) is 29.7. The van der Waals surface area contributed by atoms with E-state index in [1.54, 1.807) is 7.11 Å². The lowest BCUT2D eigenvalue weighted by atomic mass is 10.0. The number of aromatic amines is 1. The van der Waals surface area contributed by atoms with Crippen molar-refractivity contribution in [3.63, 3.8) is 0 Å². The van der Waals surface area contributed by atoms with E-state index in [0.717, 1.165) is 44.2 Å². The molecule has 2 aromatic carbocycles. The maximum absolute atomic E-state index is 13.8. The molecule has 7 heteroatoms. The van der Waals surface area contributed by atoms with Crippen LogP contribution in [0.1, 0.15) is 68.3 Å². The van der Waals surface area contributed by atoms with E-state index in [1.807, 2.05) is 47.5 Å². The number of rotatable bonds is 8. The first-order chi connectivity index (χ1) is 19.5. The van der Waals surface area contributed by atoms with Gasteiger partial charge in [-0.2, -0.15) is 0 Å². The lowest BCUT2D eigenvalue weighted by molar-refractivity contribution is -0.134. The second-order valence-corrected chi connectivity index (χ2v) is 11.2. The number of hydrogen-bond donors (Lipinski definition) is 1. The zero-order chi connectivity index (χ0) is 28.3. The summed E-state index contributed by atoms with van der Waals surface area (Å²) in [4.78, 5) is 34.6. The molecule has 4 rings (SSSR count). The highest BCUT2D eigenvalue weighted by molar-refractivity contribution is 5.97. The molecule has 216 valence electrons. The summed E-state index contributed by atoms with van der Waals surface area (Å²) in [6, 6.07) is 15.7. The molecule has 0 saturated heterocycles. The fourth-order valence-corrected chi connectivity index (χ4v) is 5.64. The predicted octanol–water partition coefficient (Wildman–Crippen LogP) is 6.09. The van der Waals surface area contributed by atoms with Gasteiger partial charge in [-0.25, -0.2) is 0 Å². The molecule has 0 radical (unpaired) electrons. The minimum Gasteiger partial charge on any atom is -0.491 e. The predicted molar refractivity (Wildman–Crippen MR) is 160 cm³/mol. The summed E-state index contributed by atoms with van der Waals surface area (Å²) in [6.07, 6.45) is 7.92. The second-order valence-electron chi connectivity index (χ2n) is 11.2. The first-order valence-corrected chi connectivity index (χ1v) is 14.8. The van der Waals surface area contributed by atoms with Gasteiger partial charge in [-0.1, -0.05) is 57.0 Å². The Bertz CT molecular complexity index is 1240. The SMILES string of the molecule is COCCN1CCCCCCN(C(=O)CCc2c[nH]c3ccccc23)[C@@H](CC(C)C)COc2ccccc2C1=O. The summed E-state index contributed by atoms with van der Waals surface area (Å²) in [5, 5.41) is 1.18. The number of H-pyrrole nitrogens is 1. The summed E-state index contributed by atoms with van der Waals surface area (Å²) < 4.78 is 11.7. The van der Waals surface area contributed by atoms with Crippen molar-refractivity contribution in [2.24, 2.45) is 5.92 Å². The number of aryl methyl sites for hydroxylation is 1. The zero-order valence-corrected chi connectivity index (χ0v) is 24.4. The van der Waals surface area contributed by atoms with Gasteiger partial charge in [-0.15, -0.1) is 0 Å². The fraction of sp³-hybridized carbons (Fsp3) is 0.515. The van der Waals surface area contributed by atoms with E-state index in [2.05, 4.69) is 35.9 Å². The third-order valence-electron chi connectivity index (χ3n) is 7.77. The molecule has 2 amide bonds. The molecule has 0 bridgehead atoms. The van der Waals surface area contributed by atoms with Crippen LogP contribution in [0.3, 0.4) is 0 Å². The molecule has 40 heavy (non-hydrogen) atoms. The molecule has 0 unspecified atom stereocenters. The largest absolute Gasteiger partial charge is 0.491 e. The topological polar surface area (TPSA) is 74.9 Å². The number of hydrogen-bond acceptors (Lipinski definition) is 4. The van der Waals surface area contributed by atoms with Crippen LogP contribution in [0.15, 0.2) is 54.7 Å². The van der Waals surface area contributed by atoms with Crippen molar-refractivity contribution in [1.82, 2.24) is 14.8 Å². The van der Waals surface area contributed by atoms with Gasteiger partial charge in [0.05, 0.1) is 18.2 Å². The van der Waals surface area contributed by atoms with E-state index in [9.17, 15) is 9.59 Å². The quantitative estimate of drug-likeness (QED) is 0.371. The third kappa shape index (κ3) is 7.87. The van der Waals surface area contributed by atoms with Crippen LogP contribution < -0.4 is 4.74 Å². The molecular formula is C33H45N3O4. The minimum absolute atomic E-state index is 0.0308. The normalized spacial score (nSPS) is 17.5. The molecule has 2 heterocycles. The molecule has 1 atom stereocenters. The summed E-state index contributed by atoms with van der Waals surface area (Å²) in [7, 11) is 1.66. The number of amides is 2. The van der Waals surface area contributed by atoms with Gasteiger partial charge < -0.3 is 24.3 Å². The Morgan fingerprint density at radius 2 is 1.80 bits per heavy atom. The van der Waals surface area contributed by atoms with Crippen LogP contribution in [-0.2, 0) is 16.0 Å². The number of nitrogens with one attached hydrogen (secondary N) is 1. The van der Waals surface area contributed by atoms with Crippen molar-refractivity contribution in [2.45, 2.75) is 64.8 Å². The van der Waals surface area contributed by atoms with Crippen LogP contribution in [0.25, 0.3) is 10.9 Å². The van der Waals surface area contributed by atoms with Crippen LogP contribution in [0.2, 0.25) is 0 Å². The third-order valence-corrected chi connectivity index (χ3v) is 7.77. The van der Waals surface area contributed by atoms with Crippen molar-refractivity contribution in [2.75, 3.05) is 40.0 Å². The van der Waals surface area contributed by atoms with Gasteiger partial charge in [0.25, 0.3) is 5.91 Å². The molecule has 1 aliphatic rings. The number of fused-ring (bicyclic) bond motifs is 2. The minimum atomic E-state index is -0.0637. The Labute approximate surface area is 238 Å². The van der Waals surface area contributed by atoms with Crippen LogP contribution in [-0.4, -0.2) is 72.6 Å². The molecule has 1 aromatic heterocycles. The number of ether oxygens (including phenoxy) is 2. The van der Waals surface area contributed by atoms with E-state index in [0.29, 0.717) is 56.4 Å². The zero-order valence-electron chi connectivity index (χ0n) is 24.4. The van der Waals surface area contributed by atoms with Crippen molar-refractivity contribution in [3.05, 3.63) is 65.9 Å². The van der Waals surface area contributed by atoms with Gasteiger partial charge in [0.1, 0.15) is 12.4 Å². The molecule has 3 aromatic rings. The molecular weight excluding hydrogens is 502 g/mol. The van der Waals surface area contributed by atoms with Crippen LogP contribution >= 0.6 is 0 Å². The number of carbonyl (C=O) groups excluding carboxylic acids is 2. The van der Waals surface area contributed by atoms with Crippen LogP contribution in [0, 0.1) is 5.92 Å². The Kier molecular flexibility index (Phi) is 11.0. The molecule has 0 aliphatic carbocycles. The maximum atomic E-state index is 13.8. The maximum Gasteiger partial charge on any atom is 0.257 e. The molecule has 0 spiro atoms. The van der Waals surface area contributed by atoms with E-state index >= 15 is 0 Å². The highest BCUT2D eigenvalue weighted by Crippen LogP contribution is 2.25. The summed E-state index contributed by atoms with van der Waals surface area (Å²) in [5.41, 5.74) is 2.84. The van der Waals surface area contributed by atoms with Gasteiger partial charge in [0.15, 0.2) is 0 Å². The van der Waals surface area contributed by atoms with Crippen molar-refractivity contribution >= 4 is 22.7 Å². The highest BCUT2D eigenvalue weighted by Gasteiger charge is 2.27. The number of aromatic nitrogens is 1. The van der Waals surface area contributed by atoms with E-state index in [4.69, 9.17) is 9.47 Å². The Morgan fingerprint density at radius 3 is 2.60 bits per heavy atom. The van der Waals surface area contributed by atoms with Crippen LogP contribution in [0.4, 0.5) is 0 Å². The second kappa shape index (κ2) is 14.9. The molecule has 1 N–H and O–H groups in total. The average Bonchev–Trinajstić information content (AvgIpc) is 3.37. The van der Waals surface area contributed by atoms with Crippen molar-refractivity contribution < 1.29 is 19.1 Å². The molecule has 7 nitrogen and oxygen atoms in total. The first-order valence-electron chi connectivity index (χ1n) is 14.8. The Hall–Kier alpha value is -3.32. The van der Waals surface area contributed by atoms with Gasteiger partial charge in [-0.3, -0.25) is 9.59 Å². The number of nitrogens with zero attached hydrogens (tertiary/aromatic N) is 2. The van der Waals surface area contributed by atoms with Crippen LogP contribution in [0.5, 0.6) is 5.75 Å². The van der Waals surface area contributed by atoms with Gasteiger partial charge in [-0.05, 0) is 55.4 Å². The lowest BCUT2D eigenvalue weighted by Crippen LogP contribution is -2.45. The fourth-order valence-electron chi connectivity index (χ4n) is 5.64. The van der Waals surface area contributed by atoms with Gasteiger partial charge >= 0.3 is 0 Å². The standard InChI is InChI=1S/C33H45N3O4/c1-25(2)22-27-24-40-31-15-9-7-13-29(31)33(38)35(20-21-39-3)18-10-4-5-11-19-36(27)32(37)17-16-26-23-34-30-14-8-6-12-28(26)30/h6-9,12-15,23,25,27,34H,4-5,10-11,16-22,24H2,1-3H3/t27-/m0/s1. The Morgan fingerprint density at radius 1 is 1.05 bits per heavy atom. The number of methoxy groups -OCH3 is 1. The lowest BCUT2D eigenvalue weighted by Gasteiger charge is -2.34. The average molecular weight is 548 g/mol. The van der Waals surface area contributed by atoms with Crippen molar-refractivity contribution in [3.8, 4) is 5.75 Å².